The zero-order valence-electron chi connectivity index (χ0n) is 11.3. The Balaban J connectivity index is 2.19. The predicted octanol–water partition coefficient (Wildman–Crippen LogP) is 3.51. The second-order valence-corrected chi connectivity index (χ2v) is 6.93. The van der Waals surface area contributed by atoms with Crippen molar-refractivity contribution >= 4 is 27.9 Å². The quantitative estimate of drug-likeness (QED) is 0.747. The lowest BCUT2D eigenvalue weighted by molar-refractivity contribution is 0.477. The van der Waals surface area contributed by atoms with Crippen LogP contribution in [0.25, 0.3) is 15.5 Å². The number of hydrogen-bond acceptors (Lipinski definition) is 5. The smallest absolute Gasteiger partial charge is 0.235 e. The summed E-state index contributed by atoms with van der Waals surface area (Å²) in [5, 5.41) is 24.0. The first-order valence-electron chi connectivity index (χ1n) is 6.08. The van der Waals surface area contributed by atoms with E-state index in [0.717, 1.165) is 5.82 Å². The second-order valence-electron chi connectivity index (χ2n) is 5.54. The van der Waals surface area contributed by atoms with Gasteiger partial charge in [0.15, 0.2) is 10.8 Å². The average molecular weight is 309 g/mol. The van der Waals surface area contributed by atoms with Gasteiger partial charge in [-0.3, -0.25) is 0 Å². The van der Waals surface area contributed by atoms with Crippen LogP contribution in [0.2, 0.25) is 5.02 Å². The van der Waals surface area contributed by atoms with Gasteiger partial charge in [-0.15, -0.1) is 10.2 Å². The summed E-state index contributed by atoms with van der Waals surface area (Å²) in [4.78, 5) is 0.698. The van der Waals surface area contributed by atoms with Gasteiger partial charge in [0.05, 0.1) is 5.56 Å². The van der Waals surface area contributed by atoms with E-state index in [2.05, 4.69) is 36.1 Å². The molecule has 0 unspecified atom stereocenters. The van der Waals surface area contributed by atoms with Crippen molar-refractivity contribution in [3.63, 3.8) is 0 Å². The fourth-order valence-corrected chi connectivity index (χ4v) is 2.91. The minimum atomic E-state index is -0.152. The molecule has 3 rings (SSSR count). The van der Waals surface area contributed by atoms with E-state index in [-0.39, 0.29) is 11.2 Å². The van der Waals surface area contributed by atoms with E-state index in [1.54, 1.807) is 22.7 Å². The molecule has 2 aromatic heterocycles. The van der Waals surface area contributed by atoms with Crippen LogP contribution in [0.15, 0.2) is 18.2 Å². The number of hydrogen-bond donors (Lipinski definition) is 1. The fourth-order valence-electron chi connectivity index (χ4n) is 1.87. The molecule has 20 heavy (non-hydrogen) atoms. The van der Waals surface area contributed by atoms with Crippen LogP contribution >= 0.6 is 22.9 Å². The first-order valence-corrected chi connectivity index (χ1v) is 7.27. The topological polar surface area (TPSA) is 63.3 Å². The Bertz CT molecular complexity index is 787. The molecule has 0 fully saturated rings. The van der Waals surface area contributed by atoms with Crippen LogP contribution in [0.4, 0.5) is 0 Å². The minimum absolute atomic E-state index is 0.150. The fraction of sp³-hybridized carbons (Fsp3) is 0.308. The van der Waals surface area contributed by atoms with Crippen molar-refractivity contribution in [1.29, 1.82) is 0 Å². The van der Waals surface area contributed by atoms with Gasteiger partial charge in [-0.05, 0) is 18.2 Å². The monoisotopic (exact) mass is 308 g/mol. The SMILES string of the molecule is CC(C)(C)c1nnc2sc(-c3cc(Cl)ccc3O)nn12. The molecule has 0 radical (unpaired) electrons. The molecule has 1 N–H and O–H groups in total. The van der Waals surface area contributed by atoms with E-state index < -0.39 is 0 Å². The van der Waals surface area contributed by atoms with Crippen LogP contribution < -0.4 is 0 Å². The molecular formula is C13H13ClN4OS. The molecule has 104 valence electrons. The van der Waals surface area contributed by atoms with Gasteiger partial charge in [0.1, 0.15) is 5.75 Å². The molecule has 7 heteroatoms. The number of nitrogens with zero attached hydrogens (tertiary/aromatic N) is 4. The molecular weight excluding hydrogens is 296 g/mol. The molecule has 0 aliphatic rings. The van der Waals surface area contributed by atoms with E-state index >= 15 is 0 Å². The van der Waals surface area contributed by atoms with E-state index in [1.165, 1.54) is 11.3 Å². The summed E-state index contributed by atoms with van der Waals surface area (Å²) in [5.74, 6) is 0.938. The van der Waals surface area contributed by atoms with Crippen molar-refractivity contribution in [3.8, 4) is 16.3 Å². The average Bonchev–Trinajstić information content (AvgIpc) is 2.89. The molecule has 0 saturated heterocycles. The third-order valence-corrected chi connectivity index (χ3v) is 4.02. The highest BCUT2D eigenvalue weighted by atomic mass is 35.5. The maximum absolute atomic E-state index is 9.94. The molecule has 0 saturated carbocycles. The molecule has 0 bridgehead atoms. The van der Waals surface area contributed by atoms with Crippen LogP contribution in [0, 0.1) is 0 Å². The van der Waals surface area contributed by atoms with Gasteiger partial charge in [0.2, 0.25) is 4.96 Å². The molecule has 1 aromatic carbocycles. The maximum Gasteiger partial charge on any atom is 0.235 e. The molecule has 0 amide bonds. The zero-order chi connectivity index (χ0) is 14.5. The summed E-state index contributed by atoms with van der Waals surface area (Å²) in [6.07, 6.45) is 0. The van der Waals surface area contributed by atoms with Crippen molar-refractivity contribution in [1.82, 2.24) is 19.8 Å². The lowest BCUT2D eigenvalue weighted by Gasteiger charge is -2.13. The predicted molar refractivity (Wildman–Crippen MR) is 79.5 cm³/mol. The molecule has 3 aromatic rings. The largest absolute Gasteiger partial charge is 0.507 e. The van der Waals surface area contributed by atoms with Gasteiger partial charge >= 0.3 is 0 Å². The van der Waals surface area contributed by atoms with Crippen LogP contribution in [-0.4, -0.2) is 24.9 Å². The van der Waals surface area contributed by atoms with E-state index in [0.29, 0.717) is 20.6 Å². The van der Waals surface area contributed by atoms with Crippen LogP contribution in [0.3, 0.4) is 0 Å². The van der Waals surface area contributed by atoms with Gasteiger partial charge < -0.3 is 5.11 Å². The maximum atomic E-state index is 9.94. The van der Waals surface area contributed by atoms with Gasteiger partial charge in [-0.25, -0.2) is 0 Å². The summed E-state index contributed by atoms with van der Waals surface area (Å²) in [6, 6.07) is 4.89. The minimum Gasteiger partial charge on any atom is -0.507 e. The molecule has 5 nitrogen and oxygen atoms in total. The molecule has 0 aliphatic carbocycles. The Kier molecular flexibility index (Phi) is 2.95. The number of phenols is 1. The third kappa shape index (κ3) is 2.14. The second kappa shape index (κ2) is 4.43. The highest BCUT2D eigenvalue weighted by Crippen LogP contribution is 2.35. The number of phenolic OH excluding ortho intramolecular Hbond substituents is 1. The zero-order valence-corrected chi connectivity index (χ0v) is 12.8. The van der Waals surface area contributed by atoms with Gasteiger partial charge in [0, 0.05) is 10.4 Å². The van der Waals surface area contributed by atoms with Crippen molar-refractivity contribution in [2.75, 3.05) is 0 Å². The number of fused-ring (bicyclic) bond motifs is 1. The Labute approximate surface area is 124 Å². The van der Waals surface area contributed by atoms with E-state index in [1.807, 2.05) is 0 Å². The van der Waals surface area contributed by atoms with Crippen LogP contribution in [-0.2, 0) is 5.41 Å². The molecule has 0 aliphatic heterocycles. The number of benzene rings is 1. The highest BCUT2D eigenvalue weighted by Gasteiger charge is 2.24. The summed E-state index contributed by atoms with van der Waals surface area (Å²) in [6.45, 7) is 6.16. The lowest BCUT2D eigenvalue weighted by Crippen LogP contribution is -2.16. The number of rotatable bonds is 1. The Morgan fingerprint density at radius 1 is 1.25 bits per heavy atom. The standard InChI is InChI=1S/C13H13ClN4OS/c1-13(2,3)11-15-16-12-18(11)17-10(20-12)8-6-7(14)4-5-9(8)19/h4-6,19H,1-3H3. The van der Waals surface area contributed by atoms with Crippen molar-refractivity contribution in [3.05, 3.63) is 29.0 Å². The number of aromatic nitrogens is 4. The molecule has 2 heterocycles. The normalized spacial score (nSPS) is 12.2. The van der Waals surface area contributed by atoms with Crippen LogP contribution in [0.5, 0.6) is 5.75 Å². The van der Waals surface area contributed by atoms with E-state index in [9.17, 15) is 5.11 Å². The van der Waals surface area contributed by atoms with Gasteiger partial charge in [-0.2, -0.15) is 9.61 Å². The lowest BCUT2D eigenvalue weighted by atomic mass is 9.96. The summed E-state index contributed by atoms with van der Waals surface area (Å²) in [7, 11) is 0. The van der Waals surface area contributed by atoms with Crippen molar-refractivity contribution < 1.29 is 5.11 Å². The van der Waals surface area contributed by atoms with Crippen molar-refractivity contribution in [2.45, 2.75) is 26.2 Å². The number of aromatic hydroxyl groups is 1. The summed E-state index contributed by atoms with van der Waals surface area (Å²) in [5.41, 5.74) is 0.453. The third-order valence-electron chi connectivity index (χ3n) is 2.85. The first kappa shape index (κ1) is 13.3. The Morgan fingerprint density at radius 3 is 2.70 bits per heavy atom. The molecule has 0 atom stereocenters. The highest BCUT2D eigenvalue weighted by molar-refractivity contribution is 7.19. The summed E-state index contributed by atoms with van der Waals surface area (Å²) >= 11 is 7.34. The Hall–Kier alpha value is -1.66. The van der Waals surface area contributed by atoms with Crippen molar-refractivity contribution in [2.24, 2.45) is 0 Å². The molecule has 0 spiro atoms. The van der Waals surface area contributed by atoms with E-state index in [4.69, 9.17) is 11.6 Å². The van der Waals surface area contributed by atoms with Gasteiger partial charge in [0.25, 0.3) is 0 Å². The number of halogens is 1. The first-order chi connectivity index (χ1) is 9.36. The van der Waals surface area contributed by atoms with Gasteiger partial charge in [-0.1, -0.05) is 43.7 Å². The summed E-state index contributed by atoms with van der Waals surface area (Å²) < 4.78 is 1.72. The van der Waals surface area contributed by atoms with Crippen LogP contribution in [0.1, 0.15) is 26.6 Å². The Morgan fingerprint density at radius 2 is 2.00 bits per heavy atom.